The molecule has 1 amide bonds. The fourth-order valence-corrected chi connectivity index (χ4v) is 2.20. The number of carbonyl (C=O) groups is 1. The van der Waals surface area contributed by atoms with Gasteiger partial charge in [-0.1, -0.05) is 37.3 Å². The van der Waals surface area contributed by atoms with E-state index in [1.807, 2.05) is 26.0 Å². The van der Waals surface area contributed by atoms with Crippen LogP contribution in [0, 0.1) is 11.3 Å². The van der Waals surface area contributed by atoms with Gasteiger partial charge in [0.25, 0.3) is 0 Å². The maximum absolute atomic E-state index is 11.3. The van der Waals surface area contributed by atoms with Crippen LogP contribution in [0.15, 0.2) is 42.6 Å². The molecule has 0 saturated heterocycles. The fourth-order valence-electron chi connectivity index (χ4n) is 2.20. The summed E-state index contributed by atoms with van der Waals surface area (Å²) in [6.45, 7) is 5.82. The van der Waals surface area contributed by atoms with Crippen LogP contribution in [0.1, 0.15) is 26.3 Å². The van der Waals surface area contributed by atoms with E-state index in [0.717, 1.165) is 11.9 Å². The molecule has 1 heterocycles. The largest absolute Gasteiger partial charge is 0.369 e. The van der Waals surface area contributed by atoms with E-state index in [-0.39, 0.29) is 5.91 Å². The number of nitrogens with one attached hydrogen (secondary N) is 1. The van der Waals surface area contributed by atoms with Crippen LogP contribution < -0.4 is 5.73 Å². The minimum atomic E-state index is -0.589. The van der Waals surface area contributed by atoms with E-state index in [2.05, 4.69) is 42.4 Å². The van der Waals surface area contributed by atoms with Crippen LogP contribution in [0.25, 0.3) is 10.9 Å². The molecule has 0 spiro atoms. The molecule has 106 valence electrons. The molecule has 1 aromatic carbocycles. The lowest BCUT2D eigenvalue weighted by atomic mass is 9.89. The number of hydrogen-bond donors (Lipinski definition) is 2. The number of fused-ring (bicyclic) bond motifs is 1. The highest BCUT2D eigenvalue weighted by molar-refractivity contribution is 5.83. The molecule has 3 nitrogen and oxygen atoms in total. The normalized spacial score (nSPS) is 13.9. The van der Waals surface area contributed by atoms with Gasteiger partial charge in [-0.3, -0.25) is 4.79 Å². The Morgan fingerprint density at radius 2 is 2.10 bits per heavy atom. The molecule has 1 aromatic heterocycles. The number of rotatable bonds is 5. The predicted octanol–water partition coefficient (Wildman–Crippen LogP) is 3.41. The van der Waals surface area contributed by atoms with Gasteiger partial charge < -0.3 is 10.7 Å². The van der Waals surface area contributed by atoms with Gasteiger partial charge in [0, 0.05) is 17.1 Å². The fraction of sp³-hybridized carbons (Fsp3) is 0.353. The zero-order valence-corrected chi connectivity index (χ0v) is 12.3. The average Bonchev–Trinajstić information content (AvgIpc) is 2.80. The van der Waals surface area contributed by atoms with Gasteiger partial charge in [-0.25, -0.2) is 0 Å². The van der Waals surface area contributed by atoms with Crippen LogP contribution in [0.5, 0.6) is 0 Å². The number of primary amides is 1. The molecule has 3 heteroatoms. The van der Waals surface area contributed by atoms with E-state index in [1.165, 1.54) is 10.9 Å². The van der Waals surface area contributed by atoms with Gasteiger partial charge in [-0.05, 0) is 37.8 Å². The van der Waals surface area contributed by atoms with Crippen LogP contribution in [0.3, 0.4) is 0 Å². The third kappa shape index (κ3) is 3.10. The molecule has 0 aliphatic heterocycles. The van der Waals surface area contributed by atoms with Crippen molar-refractivity contribution >= 4 is 16.8 Å². The van der Waals surface area contributed by atoms with Gasteiger partial charge in [0.15, 0.2) is 0 Å². The number of aromatic nitrogens is 1. The summed E-state index contributed by atoms with van der Waals surface area (Å²) in [7, 11) is 0. The minimum absolute atomic E-state index is 0.298. The molecule has 0 bridgehead atoms. The smallest absolute Gasteiger partial charge is 0.226 e. The number of hydrogen-bond acceptors (Lipinski definition) is 1. The first-order valence-corrected chi connectivity index (χ1v) is 6.94. The summed E-state index contributed by atoms with van der Waals surface area (Å²) in [5.41, 5.74) is 7.25. The van der Waals surface area contributed by atoms with Crippen molar-refractivity contribution in [3.63, 3.8) is 0 Å². The highest BCUT2D eigenvalue weighted by Gasteiger charge is 2.21. The van der Waals surface area contributed by atoms with E-state index in [0.29, 0.717) is 5.92 Å². The molecule has 1 atom stereocenters. The summed E-state index contributed by atoms with van der Waals surface area (Å²) in [4.78, 5) is 14.6. The lowest BCUT2D eigenvalue weighted by Gasteiger charge is -2.16. The first-order chi connectivity index (χ1) is 9.40. The molecule has 0 aliphatic carbocycles. The Hall–Kier alpha value is -2.03. The average molecular weight is 270 g/mol. The van der Waals surface area contributed by atoms with Crippen molar-refractivity contribution in [2.75, 3.05) is 0 Å². The standard InChI is InChI=1S/C17H22N2O/c1-12(8-9-17(2,3)16(18)20)10-13-11-19-15-7-5-4-6-14(13)15/h4-9,11-12,19H,10H2,1-3H3,(H2,18,20)/b9-8+/t12-/m0/s1. The molecule has 20 heavy (non-hydrogen) atoms. The molecule has 2 rings (SSSR count). The molecule has 0 aliphatic rings. The topological polar surface area (TPSA) is 58.9 Å². The lowest BCUT2D eigenvalue weighted by Crippen LogP contribution is -2.29. The Kier molecular flexibility index (Phi) is 3.98. The first-order valence-electron chi connectivity index (χ1n) is 6.94. The van der Waals surface area contributed by atoms with Gasteiger partial charge in [-0.2, -0.15) is 0 Å². The summed E-state index contributed by atoms with van der Waals surface area (Å²) in [5.74, 6) is 0.0564. The molecule has 0 radical (unpaired) electrons. The van der Waals surface area contributed by atoms with Crippen LogP contribution in [0.2, 0.25) is 0 Å². The summed E-state index contributed by atoms with van der Waals surface area (Å²) in [6, 6.07) is 8.29. The van der Waals surface area contributed by atoms with E-state index >= 15 is 0 Å². The second-order valence-corrected chi connectivity index (χ2v) is 5.99. The highest BCUT2D eigenvalue weighted by Crippen LogP contribution is 2.23. The zero-order chi connectivity index (χ0) is 14.8. The van der Waals surface area contributed by atoms with Crippen molar-refractivity contribution < 1.29 is 4.79 Å². The van der Waals surface area contributed by atoms with Gasteiger partial charge in [0.2, 0.25) is 5.91 Å². The van der Waals surface area contributed by atoms with Gasteiger partial charge in [-0.15, -0.1) is 0 Å². The van der Waals surface area contributed by atoms with Crippen LogP contribution in [-0.4, -0.2) is 10.9 Å². The number of para-hydroxylation sites is 1. The van der Waals surface area contributed by atoms with Gasteiger partial charge in [0.1, 0.15) is 0 Å². The number of benzene rings is 1. The summed E-state index contributed by atoms with van der Waals surface area (Å²) >= 11 is 0. The first kappa shape index (κ1) is 14.4. The molecule has 2 aromatic rings. The Morgan fingerprint density at radius 3 is 2.80 bits per heavy atom. The zero-order valence-electron chi connectivity index (χ0n) is 12.3. The quantitative estimate of drug-likeness (QED) is 0.804. The number of aromatic amines is 1. The third-order valence-electron chi connectivity index (χ3n) is 3.69. The summed E-state index contributed by atoms with van der Waals surface area (Å²) in [5, 5.41) is 1.27. The Labute approximate surface area is 119 Å². The van der Waals surface area contributed by atoms with Crippen molar-refractivity contribution in [2.45, 2.75) is 27.2 Å². The van der Waals surface area contributed by atoms with E-state index in [9.17, 15) is 4.79 Å². The van der Waals surface area contributed by atoms with Crippen LogP contribution in [-0.2, 0) is 11.2 Å². The Balaban J connectivity index is 2.10. The number of nitrogens with two attached hydrogens (primary N) is 1. The summed E-state index contributed by atoms with van der Waals surface area (Å²) in [6.07, 6.45) is 6.99. The molecule has 0 unspecified atom stereocenters. The van der Waals surface area contributed by atoms with Gasteiger partial charge >= 0.3 is 0 Å². The maximum Gasteiger partial charge on any atom is 0.226 e. The highest BCUT2D eigenvalue weighted by atomic mass is 16.1. The maximum atomic E-state index is 11.3. The third-order valence-corrected chi connectivity index (χ3v) is 3.69. The number of H-pyrrole nitrogens is 1. The number of allylic oxidation sites excluding steroid dienone is 1. The van der Waals surface area contributed by atoms with Crippen molar-refractivity contribution in [3.8, 4) is 0 Å². The minimum Gasteiger partial charge on any atom is -0.369 e. The second-order valence-electron chi connectivity index (χ2n) is 5.99. The van der Waals surface area contributed by atoms with Crippen molar-refractivity contribution in [2.24, 2.45) is 17.1 Å². The number of amides is 1. The molecule has 0 fully saturated rings. The van der Waals surface area contributed by atoms with Crippen LogP contribution in [0.4, 0.5) is 0 Å². The van der Waals surface area contributed by atoms with E-state index in [4.69, 9.17) is 5.73 Å². The Morgan fingerprint density at radius 1 is 1.40 bits per heavy atom. The molecular formula is C17H22N2O. The van der Waals surface area contributed by atoms with Crippen LogP contribution >= 0.6 is 0 Å². The monoisotopic (exact) mass is 270 g/mol. The SMILES string of the molecule is C[C@@H](/C=C/C(C)(C)C(N)=O)Cc1c[nH]c2ccccc12. The number of carbonyl (C=O) groups excluding carboxylic acids is 1. The second kappa shape index (κ2) is 5.53. The molecule has 0 saturated carbocycles. The summed E-state index contributed by atoms with van der Waals surface area (Å²) < 4.78 is 0. The molecule has 3 N–H and O–H groups in total. The lowest BCUT2D eigenvalue weighted by molar-refractivity contribution is -0.123. The van der Waals surface area contributed by atoms with E-state index < -0.39 is 5.41 Å². The van der Waals surface area contributed by atoms with E-state index in [1.54, 1.807) is 0 Å². The van der Waals surface area contributed by atoms with Crippen molar-refractivity contribution in [1.29, 1.82) is 0 Å². The predicted molar refractivity (Wildman–Crippen MR) is 83.3 cm³/mol. The Bertz CT molecular complexity index is 637. The van der Waals surface area contributed by atoms with Crippen molar-refractivity contribution in [3.05, 3.63) is 48.2 Å². The van der Waals surface area contributed by atoms with Gasteiger partial charge in [0.05, 0.1) is 5.41 Å². The molecular weight excluding hydrogens is 248 g/mol. The van der Waals surface area contributed by atoms with Crippen molar-refractivity contribution in [1.82, 2.24) is 4.98 Å².